The molecule has 90 valence electrons. The largest absolute Gasteiger partial charge is 0.386 e. The number of nitrogens with one attached hydrogen (secondary N) is 1. The molecule has 0 aliphatic heterocycles. The van der Waals surface area contributed by atoms with Crippen molar-refractivity contribution in [2.45, 2.75) is 65.2 Å². The van der Waals surface area contributed by atoms with Crippen molar-refractivity contribution in [2.24, 2.45) is 5.73 Å². The zero-order chi connectivity index (χ0) is 11.4. The second-order valence-corrected chi connectivity index (χ2v) is 4.15. The Morgan fingerprint density at radius 1 is 1.00 bits per heavy atom. The molecule has 0 aromatic heterocycles. The number of unbranched alkanes of at least 4 members (excludes halogenated alkanes) is 7. The van der Waals surface area contributed by atoms with Gasteiger partial charge in [0.2, 0.25) is 0 Å². The lowest BCUT2D eigenvalue weighted by molar-refractivity contribution is 0.567. The average molecular weight is 212 g/mol. The molecule has 0 radical (unpaired) electrons. The van der Waals surface area contributed by atoms with Crippen LogP contribution >= 0.6 is 0 Å². The molecule has 0 atom stereocenters. The third kappa shape index (κ3) is 11.3. The van der Waals surface area contributed by atoms with Crippen molar-refractivity contribution in [2.75, 3.05) is 6.54 Å². The minimum Gasteiger partial charge on any atom is -0.386 e. The molecule has 0 saturated carbocycles. The van der Waals surface area contributed by atoms with Gasteiger partial charge in [0.05, 0.1) is 5.82 Å². The first-order chi connectivity index (χ1) is 7.31. The number of hydrogen-bond donors (Lipinski definition) is 2. The molecule has 0 aromatic carbocycles. The number of nitrogens with two attached hydrogens (primary N) is 1. The second kappa shape index (κ2) is 11.4. The molecule has 0 spiro atoms. The highest BCUT2D eigenvalue weighted by atomic mass is 15.0. The Morgan fingerprint density at radius 2 is 1.53 bits per heavy atom. The van der Waals surface area contributed by atoms with E-state index in [1.807, 2.05) is 13.0 Å². The first-order valence-corrected chi connectivity index (χ1v) is 6.47. The molecule has 0 unspecified atom stereocenters. The van der Waals surface area contributed by atoms with Crippen LogP contribution in [0.4, 0.5) is 0 Å². The normalized spacial score (nSPS) is 11.7. The van der Waals surface area contributed by atoms with Gasteiger partial charge < -0.3 is 11.1 Å². The monoisotopic (exact) mass is 212 g/mol. The molecule has 0 heterocycles. The van der Waals surface area contributed by atoms with E-state index in [2.05, 4.69) is 12.2 Å². The van der Waals surface area contributed by atoms with E-state index in [0.717, 1.165) is 12.4 Å². The maximum atomic E-state index is 5.62. The van der Waals surface area contributed by atoms with Crippen LogP contribution < -0.4 is 11.1 Å². The van der Waals surface area contributed by atoms with E-state index in [1.165, 1.54) is 51.4 Å². The van der Waals surface area contributed by atoms with Gasteiger partial charge in [-0.1, -0.05) is 51.9 Å². The lowest BCUT2D eigenvalue weighted by atomic mass is 10.1. The van der Waals surface area contributed by atoms with E-state index >= 15 is 0 Å². The summed E-state index contributed by atoms with van der Waals surface area (Å²) < 4.78 is 0. The molecule has 0 aliphatic carbocycles. The summed E-state index contributed by atoms with van der Waals surface area (Å²) in [6, 6.07) is 0. The van der Waals surface area contributed by atoms with Crippen LogP contribution in [0.5, 0.6) is 0 Å². The van der Waals surface area contributed by atoms with Gasteiger partial charge in [-0.3, -0.25) is 0 Å². The minimum absolute atomic E-state index is 0.804. The first kappa shape index (κ1) is 14.3. The molecule has 2 heteroatoms. The summed E-state index contributed by atoms with van der Waals surface area (Å²) in [5.41, 5.74) is 5.62. The van der Waals surface area contributed by atoms with Crippen LogP contribution in [0.15, 0.2) is 11.9 Å². The van der Waals surface area contributed by atoms with Crippen LogP contribution in [-0.2, 0) is 0 Å². The summed E-state index contributed by atoms with van der Waals surface area (Å²) >= 11 is 0. The van der Waals surface area contributed by atoms with Gasteiger partial charge in [-0.2, -0.15) is 0 Å². The van der Waals surface area contributed by atoms with Crippen LogP contribution in [0.2, 0.25) is 0 Å². The Labute approximate surface area is 95.3 Å². The lowest BCUT2D eigenvalue weighted by Gasteiger charge is -2.05. The van der Waals surface area contributed by atoms with Crippen LogP contribution in [0.3, 0.4) is 0 Å². The summed E-state index contributed by atoms with van der Waals surface area (Å²) in [5, 5.41) is 3.18. The molecule has 0 fully saturated rings. The number of hydrogen-bond acceptors (Lipinski definition) is 2. The molecule has 0 bridgehead atoms. The van der Waals surface area contributed by atoms with Crippen LogP contribution in [0.1, 0.15) is 65.2 Å². The van der Waals surface area contributed by atoms with Crippen molar-refractivity contribution in [3.63, 3.8) is 0 Å². The van der Waals surface area contributed by atoms with Gasteiger partial charge in [-0.25, -0.2) is 0 Å². The van der Waals surface area contributed by atoms with Crippen molar-refractivity contribution < 1.29 is 0 Å². The highest BCUT2D eigenvalue weighted by Gasteiger charge is 1.91. The Kier molecular flexibility index (Phi) is 10.9. The number of rotatable bonds is 10. The van der Waals surface area contributed by atoms with Gasteiger partial charge in [0.25, 0.3) is 0 Å². The van der Waals surface area contributed by atoms with Crippen molar-refractivity contribution in [1.82, 2.24) is 5.32 Å². The molecule has 3 N–H and O–H groups in total. The SMILES string of the molecule is CC=C(N)NCCCCCCCCCC. The first-order valence-electron chi connectivity index (χ1n) is 6.47. The predicted octanol–water partition coefficient (Wildman–Crippen LogP) is 3.54. The van der Waals surface area contributed by atoms with Gasteiger partial charge in [0, 0.05) is 6.54 Å². The van der Waals surface area contributed by atoms with Gasteiger partial charge in [0.15, 0.2) is 0 Å². The molecule has 2 nitrogen and oxygen atoms in total. The Morgan fingerprint density at radius 3 is 2.07 bits per heavy atom. The van der Waals surface area contributed by atoms with Gasteiger partial charge in [-0.15, -0.1) is 0 Å². The maximum Gasteiger partial charge on any atom is 0.0916 e. The zero-order valence-electron chi connectivity index (χ0n) is 10.5. The summed E-state index contributed by atoms with van der Waals surface area (Å²) in [7, 11) is 0. The summed E-state index contributed by atoms with van der Waals surface area (Å²) in [6.45, 7) is 5.23. The zero-order valence-corrected chi connectivity index (χ0v) is 10.5. The average Bonchev–Trinajstić information content (AvgIpc) is 2.26. The smallest absolute Gasteiger partial charge is 0.0916 e. The van der Waals surface area contributed by atoms with Gasteiger partial charge >= 0.3 is 0 Å². The van der Waals surface area contributed by atoms with Gasteiger partial charge in [0.1, 0.15) is 0 Å². The Bertz CT molecular complexity index is 153. The Balaban J connectivity index is 2.99. The summed E-state index contributed by atoms with van der Waals surface area (Å²) in [4.78, 5) is 0. The standard InChI is InChI=1S/C13H28N2/c1-3-5-6-7-8-9-10-11-12-15-13(14)4-2/h4,15H,3,5-12,14H2,1-2H3. The molecule has 0 rings (SSSR count). The fourth-order valence-corrected chi connectivity index (χ4v) is 1.59. The minimum atomic E-state index is 0.804. The van der Waals surface area contributed by atoms with E-state index in [-0.39, 0.29) is 0 Å². The third-order valence-electron chi connectivity index (χ3n) is 2.67. The van der Waals surface area contributed by atoms with Crippen LogP contribution in [0, 0.1) is 0 Å². The lowest BCUT2D eigenvalue weighted by Crippen LogP contribution is -2.20. The molecular formula is C13H28N2. The van der Waals surface area contributed by atoms with Gasteiger partial charge in [-0.05, 0) is 19.4 Å². The van der Waals surface area contributed by atoms with Crippen molar-refractivity contribution in [3.05, 3.63) is 11.9 Å². The van der Waals surface area contributed by atoms with E-state index < -0.39 is 0 Å². The van der Waals surface area contributed by atoms with E-state index in [4.69, 9.17) is 5.73 Å². The number of allylic oxidation sites excluding steroid dienone is 1. The molecule has 15 heavy (non-hydrogen) atoms. The van der Waals surface area contributed by atoms with Crippen LogP contribution in [0.25, 0.3) is 0 Å². The second-order valence-electron chi connectivity index (χ2n) is 4.15. The van der Waals surface area contributed by atoms with E-state index in [1.54, 1.807) is 0 Å². The highest BCUT2D eigenvalue weighted by molar-refractivity contribution is 4.89. The Hall–Kier alpha value is -0.660. The fourth-order valence-electron chi connectivity index (χ4n) is 1.59. The molecular weight excluding hydrogens is 184 g/mol. The van der Waals surface area contributed by atoms with E-state index in [9.17, 15) is 0 Å². The molecule has 0 aliphatic rings. The highest BCUT2D eigenvalue weighted by Crippen LogP contribution is 2.07. The van der Waals surface area contributed by atoms with Crippen molar-refractivity contribution in [1.29, 1.82) is 0 Å². The third-order valence-corrected chi connectivity index (χ3v) is 2.67. The predicted molar refractivity (Wildman–Crippen MR) is 68.6 cm³/mol. The molecule has 0 saturated heterocycles. The fraction of sp³-hybridized carbons (Fsp3) is 0.846. The molecule has 0 amide bonds. The summed E-state index contributed by atoms with van der Waals surface area (Å²) in [6.07, 6.45) is 12.8. The maximum absolute atomic E-state index is 5.62. The summed E-state index contributed by atoms with van der Waals surface area (Å²) in [5.74, 6) is 0.804. The van der Waals surface area contributed by atoms with Crippen molar-refractivity contribution in [3.8, 4) is 0 Å². The van der Waals surface area contributed by atoms with Crippen molar-refractivity contribution >= 4 is 0 Å². The quantitative estimate of drug-likeness (QED) is 0.544. The molecule has 0 aromatic rings. The van der Waals surface area contributed by atoms with Crippen LogP contribution in [-0.4, -0.2) is 6.54 Å². The topological polar surface area (TPSA) is 38.0 Å². The van der Waals surface area contributed by atoms with E-state index in [0.29, 0.717) is 0 Å².